The van der Waals surface area contributed by atoms with Gasteiger partial charge in [0.25, 0.3) is 0 Å². The Labute approximate surface area is 137 Å². The average molecular weight is 319 g/mol. The third kappa shape index (κ3) is 4.22. The number of carbonyl (C=O) groups is 1. The van der Waals surface area contributed by atoms with E-state index in [9.17, 15) is 9.18 Å². The van der Waals surface area contributed by atoms with Crippen molar-refractivity contribution in [2.45, 2.75) is 64.1 Å². The first-order valence-corrected chi connectivity index (χ1v) is 8.61. The van der Waals surface area contributed by atoms with Gasteiger partial charge in [-0.25, -0.2) is 4.39 Å². The van der Waals surface area contributed by atoms with Crippen molar-refractivity contribution in [3.8, 4) is 0 Å². The van der Waals surface area contributed by atoms with Gasteiger partial charge in [0.05, 0.1) is 11.4 Å². The van der Waals surface area contributed by atoms with Gasteiger partial charge in [0.15, 0.2) is 0 Å². The van der Waals surface area contributed by atoms with Crippen molar-refractivity contribution in [1.82, 2.24) is 5.32 Å². The maximum Gasteiger partial charge on any atom is 0.224 e. The second-order valence-electron chi connectivity index (χ2n) is 7.22. The molecule has 0 spiro atoms. The van der Waals surface area contributed by atoms with Gasteiger partial charge < -0.3 is 16.0 Å². The van der Waals surface area contributed by atoms with E-state index in [0.29, 0.717) is 30.1 Å². The number of amides is 1. The summed E-state index contributed by atoms with van der Waals surface area (Å²) in [5, 5.41) is 9.72. The number of rotatable bonds is 5. The molecule has 1 amide bonds. The molecule has 2 atom stereocenters. The first-order chi connectivity index (χ1) is 11.0. The van der Waals surface area contributed by atoms with Crippen molar-refractivity contribution in [3.05, 3.63) is 24.0 Å². The predicted octanol–water partition coefficient (Wildman–Crippen LogP) is 3.51. The number of fused-ring (bicyclic) bond motifs is 2. The van der Waals surface area contributed by atoms with Gasteiger partial charge in [-0.3, -0.25) is 4.79 Å². The lowest BCUT2D eigenvalue weighted by Crippen LogP contribution is -2.39. The maximum atomic E-state index is 13.5. The fourth-order valence-electron chi connectivity index (χ4n) is 3.86. The number of piperidine rings is 1. The normalized spacial score (nSPS) is 26.3. The molecule has 126 valence electrons. The molecule has 2 bridgehead atoms. The summed E-state index contributed by atoms with van der Waals surface area (Å²) < 4.78 is 13.5. The van der Waals surface area contributed by atoms with Crippen molar-refractivity contribution in [3.63, 3.8) is 0 Å². The maximum absolute atomic E-state index is 13.5. The molecular formula is C18H26FN3O. The topological polar surface area (TPSA) is 53.2 Å². The van der Waals surface area contributed by atoms with E-state index in [0.717, 1.165) is 18.5 Å². The molecule has 2 heterocycles. The molecule has 2 aliphatic heterocycles. The number of hydrogen-bond donors (Lipinski definition) is 3. The number of carbonyl (C=O) groups excluding carboxylic acids is 1. The van der Waals surface area contributed by atoms with Crippen LogP contribution in [0, 0.1) is 11.7 Å². The Kier molecular flexibility index (Phi) is 4.85. The van der Waals surface area contributed by atoms with Crippen LogP contribution in [-0.4, -0.2) is 24.0 Å². The van der Waals surface area contributed by atoms with Gasteiger partial charge in [0.1, 0.15) is 5.82 Å². The Bertz CT molecular complexity index is 563. The molecular weight excluding hydrogens is 293 g/mol. The van der Waals surface area contributed by atoms with Gasteiger partial charge in [-0.05, 0) is 63.6 Å². The van der Waals surface area contributed by atoms with Crippen LogP contribution < -0.4 is 16.0 Å². The molecule has 0 radical (unpaired) electrons. The van der Waals surface area contributed by atoms with E-state index in [2.05, 4.69) is 16.0 Å². The molecule has 4 nitrogen and oxygen atoms in total. The van der Waals surface area contributed by atoms with Crippen molar-refractivity contribution >= 4 is 17.3 Å². The highest BCUT2D eigenvalue weighted by Gasteiger charge is 2.34. The quantitative estimate of drug-likeness (QED) is 0.778. The molecule has 2 saturated heterocycles. The summed E-state index contributed by atoms with van der Waals surface area (Å²) in [6.07, 6.45) is 5.13. The van der Waals surface area contributed by atoms with E-state index in [-0.39, 0.29) is 17.8 Å². The van der Waals surface area contributed by atoms with Crippen molar-refractivity contribution in [2.24, 2.45) is 5.92 Å². The molecule has 3 rings (SSSR count). The number of hydrogen-bond acceptors (Lipinski definition) is 3. The number of benzene rings is 1. The van der Waals surface area contributed by atoms with Gasteiger partial charge in [-0.15, -0.1) is 0 Å². The predicted molar refractivity (Wildman–Crippen MR) is 91.1 cm³/mol. The summed E-state index contributed by atoms with van der Waals surface area (Å²) >= 11 is 0. The van der Waals surface area contributed by atoms with Gasteiger partial charge in [-0.1, -0.05) is 0 Å². The SMILES string of the molecule is CC(C)Nc1ccc(F)cc1NC(=O)CC1CC2CCC(C1)N2. The lowest BCUT2D eigenvalue weighted by atomic mass is 9.89. The lowest BCUT2D eigenvalue weighted by molar-refractivity contribution is -0.117. The van der Waals surface area contributed by atoms with Crippen LogP contribution in [0.2, 0.25) is 0 Å². The molecule has 0 aliphatic carbocycles. The van der Waals surface area contributed by atoms with Gasteiger partial charge in [-0.2, -0.15) is 0 Å². The molecule has 0 saturated carbocycles. The zero-order valence-corrected chi connectivity index (χ0v) is 13.9. The average Bonchev–Trinajstić information content (AvgIpc) is 2.80. The highest BCUT2D eigenvalue weighted by atomic mass is 19.1. The van der Waals surface area contributed by atoms with E-state index >= 15 is 0 Å². The van der Waals surface area contributed by atoms with Crippen LogP contribution in [0.3, 0.4) is 0 Å². The standard InChI is InChI=1S/C18H26FN3O/c1-11(2)20-16-6-3-13(19)10-17(16)22-18(23)9-12-7-14-4-5-15(8-12)21-14/h3,6,10-12,14-15,20-21H,4-5,7-9H2,1-2H3,(H,22,23). The van der Waals surface area contributed by atoms with Gasteiger partial charge in [0, 0.05) is 24.5 Å². The van der Waals surface area contributed by atoms with Gasteiger partial charge >= 0.3 is 0 Å². The van der Waals surface area contributed by atoms with Crippen LogP contribution in [0.15, 0.2) is 18.2 Å². The second kappa shape index (κ2) is 6.87. The van der Waals surface area contributed by atoms with Crippen molar-refractivity contribution < 1.29 is 9.18 Å². The monoisotopic (exact) mass is 319 g/mol. The fourth-order valence-corrected chi connectivity index (χ4v) is 3.86. The van der Waals surface area contributed by atoms with Crippen molar-refractivity contribution in [2.75, 3.05) is 10.6 Å². The van der Waals surface area contributed by atoms with Crippen LogP contribution in [0.4, 0.5) is 15.8 Å². The fraction of sp³-hybridized carbons (Fsp3) is 0.611. The molecule has 2 unspecified atom stereocenters. The second-order valence-corrected chi connectivity index (χ2v) is 7.22. The summed E-state index contributed by atoms with van der Waals surface area (Å²) in [6.45, 7) is 4.03. The summed E-state index contributed by atoms with van der Waals surface area (Å²) in [6, 6.07) is 5.85. The van der Waals surface area contributed by atoms with Crippen LogP contribution in [-0.2, 0) is 4.79 Å². The summed E-state index contributed by atoms with van der Waals surface area (Å²) in [5.41, 5.74) is 1.29. The van der Waals surface area contributed by atoms with E-state index in [4.69, 9.17) is 0 Å². The van der Waals surface area contributed by atoms with Crippen LogP contribution >= 0.6 is 0 Å². The Morgan fingerprint density at radius 2 is 1.96 bits per heavy atom. The summed E-state index contributed by atoms with van der Waals surface area (Å²) in [4.78, 5) is 12.4. The Morgan fingerprint density at radius 1 is 1.26 bits per heavy atom. The Morgan fingerprint density at radius 3 is 2.61 bits per heavy atom. The van der Waals surface area contributed by atoms with Crippen LogP contribution in [0.5, 0.6) is 0 Å². The number of nitrogens with one attached hydrogen (secondary N) is 3. The minimum absolute atomic E-state index is 0.0197. The van der Waals surface area contributed by atoms with E-state index < -0.39 is 0 Å². The highest BCUT2D eigenvalue weighted by molar-refractivity contribution is 5.94. The third-order valence-electron chi connectivity index (χ3n) is 4.74. The first kappa shape index (κ1) is 16.2. The summed E-state index contributed by atoms with van der Waals surface area (Å²) in [7, 11) is 0. The lowest BCUT2D eigenvalue weighted by Gasteiger charge is -2.28. The molecule has 1 aromatic rings. The molecule has 3 N–H and O–H groups in total. The van der Waals surface area contributed by atoms with Crippen LogP contribution in [0.1, 0.15) is 46.0 Å². The molecule has 23 heavy (non-hydrogen) atoms. The van der Waals surface area contributed by atoms with Gasteiger partial charge in [0.2, 0.25) is 5.91 Å². The minimum atomic E-state index is -0.338. The number of halogens is 1. The highest BCUT2D eigenvalue weighted by Crippen LogP contribution is 2.33. The van der Waals surface area contributed by atoms with Crippen molar-refractivity contribution in [1.29, 1.82) is 0 Å². The molecule has 2 fully saturated rings. The third-order valence-corrected chi connectivity index (χ3v) is 4.74. The molecule has 5 heteroatoms. The first-order valence-electron chi connectivity index (χ1n) is 8.61. The van der Waals surface area contributed by atoms with Crippen LogP contribution in [0.25, 0.3) is 0 Å². The zero-order valence-electron chi connectivity index (χ0n) is 13.9. The Balaban J connectivity index is 1.62. The van der Waals surface area contributed by atoms with E-state index in [1.165, 1.54) is 25.0 Å². The molecule has 1 aromatic carbocycles. The Hall–Kier alpha value is -1.62. The molecule has 2 aliphatic rings. The van der Waals surface area contributed by atoms with E-state index in [1.54, 1.807) is 6.07 Å². The van der Waals surface area contributed by atoms with E-state index in [1.807, 2.05) is 13.8 Å². The largest absolute Gasteiger partial charge is 0.381 e. The zero-order chi connectivity index (χ0) is 16.4. The summed E-state index contributed by atoms with van der Waals surface area (Å²) in [5.74, 6) is 0.0760. The minimum Gasteiger partial charge on any atom is -0.381 e. The number of anilines is 2. The smallest absolute Gasteiger partial charge is 0.224 e. The molecule has 0 aromatic heterocycles.